The van der Waals surface area contributed by atoms with Crippen LogP contribution in [0.5, 0.6) is 23.0 Å². The van der Waals surface area contributed by atoms with Gasteiger partial charge < -0.3 is 29.6 Å². The molecule has 0 amide bonds. The lowest BCUT2D eigenvalue weighted by Crippen LogP contribution is -2.30. The largest absolute Gasteiger partial charge is 0.508 e. The molecule has 0 aliphatic carbocycles. The average molecular weight is 320 g/mol. The van der Waals surface area contributed by atoms with Gasteiger partial charge in [-0.2, -0.15) is 0 Å². The lowest BCUT2D eigenvalue weighted by Gasteiger charge is -2.30. The number of ether oxygens (including phenoxy) is 1. The molecule has 0 radical (unpaired) electrons. The van der Waals surface area contributed by atoms with Crippen molar-refractivity contribution < 1.29 is 29.6 Å². The third-order valence-corrected chi connectivity index (χ3v) is 3.51. The molecule has 0 spiro atoms. The van der Waals surface area contributed by atoms with Crippen molar-refractivity contribution in [2.75, 3.05) is 0 Å². The molecule has 23 heavy (non-hydrogen) atoms. The highest BCUT2D eigenvalue weighted by molar-refractivity contribution is 5.51. The summed E-state index contributed by atoms with van der Waals surface area (Å²) in [6.07, 6.45) is -2.26. The average Bonchev–Trinajstić information content (AvgIpc) is 2.58. The lowest BCUT2D eigenvalue weighted by molar-refractivity contribution is 0.0197. The maximum absolute atomic E-state index is 11.5. The second kappa shape index (κ2) is 5.33. The summed E-state index contributed by atoms with van der Waals surface area (Å²) in [5.41, 5.74) is -1.89. The lowest BCUT2D eigenvalue weighted by atomic mass is 9.94. The van der Waals surface area contributed by atoms with Crippen molar-refractivity contribution in [2.45, 2.75) is 18.6 Å². The second-order valence-electron chi connectivity index (χ2n) is 5.13. The van der Waals surface area contributed by atoms with Crippen molar-refractivity contribution in [3.05, 3.63) is 56.2 Å². The monoisotopic (exact) mass is 320 g/mol. The zero-order valence-electron chi connectivity index (χ0n) is 11.6. The molecule has 0 saturated heterocycles. The van der Waals surface area contributed by atoms with Crippen LogP contribution < -0.4 is 16.0 Å². The molecule has 0 fully saturated rings. The number of aliphatic hydroxyl groups excluding tert-OH is 1. The van der Waals surface area contributed by atoms with Crippen LogP contribution >= 0.6 is 0 Å². The van der Waals surface area contributed by atoms with Crippen LogP contribution in [-0.2, 0) is 6.42 Å². The Morgan fingerprint density at radius 3 is 2.48 bits per heavy atom. The molecule has 2 heterocycles. The van der Waals surface area contributed by atoms with Crippen LogP contribution in [0.4, 0.5) is 0 Å². The van der Waals surface area contributed by atoms with Gasteiger partial charge in [-0.25, -0.2) is 9.59 Å². The first kappa shape index (κ1) is 14.9. The highest BCUT2D eigenvalue weighted by Crippen LogP contribution is 2.41. The molecule has 1 aromatic carbocycles. The Morgan fingerprint density at radius 1 is 1.00 bits per heavy atom. The number of aromatic hydroxyl groups is 3. The number of phenols is 2. The van der Waals surface area contributed by atoms with Crippen LogP contribution in [0.15, 0.2) is 38.3 Å². The molecule has 1 aliphatic rings. The van der Waals surface area contributed by atoms with E-state index in [9.17, 15) is 30.0 Å². The van der Waals surface area contributed by atoms with E-state index in [1.54, 1.807) is 0 Å². The van der Waals surface area contributed by atoms with Crippen molar-refractivity contribution in [1.82, 2.24) is 0 Å². The number of fused-ring (bicyclic) bond motifs is 1. The van der Waals surface area contributed by atoms with Gasteiger partial charge in [0.15, 0.2) is 6.10 Å². The molecule has 0 bridgehead atoms. The Morgan fingerprint density at radius 2 is 1.74 bits per heavy atom. The minimum atomic E-state index is -1.21. The molecule has 8 heteroatoms. The first-order valence-corrected chi connectivity index (χ1v) is 6.63. The summed E-state index contributed by atoms with van der Waals surface area (Å²) < 4.78 is 9.82. The van der Waals surface area contributed by atoms with Gasteiger partial charge in [-0.1, -0.05) is 0 Å². The Labute approximate surface area is 128 Å². The van der Waals surface area contributed by atoms with Gasteiger partial charge in [0.2, 0.25) is 5.75 Å². The van der Waals surface area contributed by atoms with Gasteiger partial charge in [-0.3, -0.25) is 0 Å². The number of benzene rings is 1. The molecule has 1 aromatic heterocycles. The van der Waals surface area contributed by atoms with Crippen molar-refractivity contribution in [1.29, 1.82) is 0 Å². The molecule has 120 valence electrons. The van der Waals surface area contributed by atoms with Crippen LogP contribution in [0.1, 0.15) is 17.2 Å². The molecule has 3 rings (SSSR count). The van der Waals surface area contributed by atoms with Crippen molar-refractivity contribution in [3.63, 3.8) is 0 Å². The van der Waals surface area contributed by atoms with Crippen molar-refractivity contribution in [2.24, 2.45) is 0 Å². The Bertz CT molecular complexity index is 885. The van der Waals surface area contributed by atoms with Gasteiger partial charge in [0, 0.05) is 35.7 Å². The van der Waals surface area contributed by atoms with Crippen LogP contribution in [0.3, 0.4) is 0 Å². The minimum Gasteiger partial charge on any atom is -0.508 e. The Kier molecular flexibility index (Phi) is 3.45. The van der Waals surface area contributed by atoms with Crippen molar-refractivity contribution in [3.8, 4) is 23.0 Å². The molecule has 8 nitrogen and oxygen atoms in total. The predicted octanol–water partition coefficient (Wildman–Crippen LogP) is 0.154. The quantitative estimate of drug-likeness (QED) is 0.583. The Hall–Kier alpha value is -3.00. The molecule has 0 unspecified atom stereocenters. The summed E-state index contributed by atoms with van der Waals surface area (Å²) in [5, 5.41) is 39.0. The number of aliphatic hydroxyl groups is 1. The van der Waals surface area contributed by atoms with Crippen molar-refractivity contribution >= 4 is 0 Å². The SMILES string of the molecule is O=c1cc([C@H]2Oc3cc(O)cc(O)c3C[C@H]2O)cc(O)c(=O)o1. The van der Waals surface area contributed by atoms with E-state index in [2.05, 4.69) is 4.42 Å². The van der Waals surface area contributed by atoms with Crippen LogP contribution in [0.25, 0.3) is 0 Å². The highest BCUT2D eigenvalue weighted by atomic mass is 16.5. The fourth-order valence-electron chi connectivity index (χ4n) is 2.48. The van der Waals surface area contributed by atoms with E-state index >= 15 is 0 Å². The topological polar surface area (TPSA) is 137 Å². The smallest absolute Gasteiger partial charge is 0.381 e. The van der Waals surface area contributed by atoms with Gasteiger partial charge in [-0.05, 0) is 6.07 Å². The fourth-order valence-corrected chi connectivity index (χ4v) is 2.48. The highest BCUT2D eigenvalue weighted by Gasteiger charge is 2.32. The summed E-state index contributed by atoms with van der Waals surface area (Å²) in [5.74, 6) is -1.16. The molecule has 2 aromatic rings. The van der Waals surface area contributed by atoms with Gasteiger partial charge in [-0.15, -0.1) is 0 Å². The van der Waals surface area contributed by atoms with E-state index in [0.717, 1.165) is 18.2 Å². The van der Waals surface area contributed by atoms with Crippen LogP contribution in [0, 0.1) is 0 Å². The maximum Gasteiger partial charge on any atom is 0.381 e. The van der Waals surface area contributed by atoms with E-state index < -0.39 is 29.2 Å². The first-order valence-electron chi connectivity index (χ1n) is 6.63. The molecule has 1 aliphatic heterocycles. The minimum absolute atomic E-state index is 0.0128. The summed E-state index contributed by atoms with van der Waals surface area (Å²) in [7, 11) is 0. The third kappa shape index (κ3) is 2.71. The molecular weight excluding hydrogens is 308 g/mol. The Balaban J connectivity index is 2.10. The summed E-state index contributed by atoms with van der Waals surface area (Å²) in [6, 6.07) is 4.25. The van der Waals surface area contributed by atoms with Gasteiger partial charge >= 0.3 is 11.3 Å². The normalized spacial score (nSPS) is 19.7. The number of rotatable bonds is 1. The third-order valence-electron chi connectivity index (χ3n) is 3.51. The molecule has 0 saturated carbocycles. The van der Waals surface area contributed by atoms with Crippen LogP contribution in [-0.4, -0.2) is 26.5 Å². The second-order valence-corrected chi connectivity index (χ2v) is 5.13. The first-order chi connectivity index (χ1) is 10.8. The summed E-state index contributed by atoms with van der Waals surface area (Å²) >= 11 is 0. The number of phenolic OH excluding ortho intramolecular Hbond substituents is 2. The van der Waals surface area contributed by atoms with E-state index in [1.165, 1.54) is 6.07 Å². The standard InChI is InChI=1S/C15H12O8/c16-7-3-9(17)8-5-10(18)14(22-12(8)4-7)6-1-11(19)15(21)23-13(20)2-6/h1-4,10,14,16-19H,5H2/t10-,14-/m1/s1. The summed E-state index contributed by atoms with van der Waals surface area (Å²) in [4.78, 5) is 22.7. The molecule has 2 atom stereocenters. The van der Waals surface area contributed by atoms with Gasteiger partial charge in [0.05, 0.1) is 6.10 Å². The van der Waals surface area contributed by atoms with E-state index in [-0.39, 0.29) is 29.2 Å². The van der Waals surface area contributed by atoms with E-state index in [1.807, 2.05) is 0 Å². The summed E-state index contributed by atoms with van der Waals surface area (Å²) in [6.45, 7) is 0. The number of hydrogen-bond donors (Lipinski definition) is 4. The fraction of sp³-hybridized carbons (Fsp3) is 0.200. The zero-order valence-corrected chi connectivity index (χ0v) is 11.6. The number of hydrogen-bond acceptors (Lipinski definition) is 8. The van der Waals surface area contributed by atoms with E-state index in [4.69, 9.17) is 4.74 Å². The van der Waals surface area contributed by atoms with Gasteiger partial charge in [0.25, 0.3) is 0 Å². The predicted molar refractivity (Wildman–Crippen MR) is 75.8 cm³/mol. The van der Waals surface area contributed by atoms with Crippen LogP contribution in [0.2, 0.25) is 0 Å². The molecular formula is C15H12O8. The maximum atomic E-state index is 11.5. The van der Waals surface area contributed by atoms with Gasteiger partial charge in [0.1, 0.15) is 17.2 Å². The zero-order chi connectivity index (χ0) is 16.7. The van der Waals surface area contributed by atoms with E-state index in [0.29, 0.717) is 5.56 Å². The molecule has 4 N–H and O–H groups in total.